The molecule has 0 saturated carbocycles. The van der Waals surface area contributed by atoms with Crippen molar-refractivity contribution in [3.05, 3.63) is 106 Å². The molecule has 1 aliphatic rings. The first-order chi connectivity index (χ1) is 17.5. The monoisotopic (exact) mass is 500 g/mol. The summed E-state index contributed by atoms with van der Waals surface area (Å²) in [5.41, 5.74) is 3.26. The quantitative estimate of drug-likeness (QED) is 0.188. The minimum Gasteiger partial charge on any atom is -0.507 e. The summed E-state index contributed by atoms with van der Waals surface area (Å²) in [6, 6.07) is 21.0. The predicted molar refractivity (Wildman–Crippen MR) is 140 cm³/mol. The zero-order valence-corrected chi connectivity index (χ0v) is 20.5. The number of likely N-dealkylation sites (tertiary alicyclic amines) is 1. The highest BCUT2D eigenvalue weighted by molar-refractivity contribution is 6.46. The second-order valence-corrected chi connectivity index (χ2v) is 9.05. The number of carbonyl (C=O) groups excluding carboxylic acids is 2. The van der Waals surface area contributed by atoms with Gasteiger partial charge >= 0.3 is 0 Å². The average molecular weight is 501 g/mol. The van der Waals surface area contributed by atoms with Crippen molar-refractivity contribution in [3.8, 4) is 5.75 Å². The fourth-order valence-electron chi connectivity index (χ4n) is 4.71. The summed E-state index contributed by atoms with van der Waals surface area (Å²) in [4.78, 5) is 31.3. The Morgan fingerprint density at radius 1 is 1.03 bits per heavy atom. The third-order valence-corrected chi connectivity index (χ3v) is 6.71. The van der Waals surface area contributed by atoms with E-state index in [0.717, 1.165) is 16.5 Å². The Kier molecular flexibility index (Phi) is 6.53. The predicted octanol–water partition coefficient (Wildman–Crippen LogP) is 5.88. The van der Waals surface area contributed by atoms with E-state index in [2.05, 4.69) is 4.98 Å². The zero-order chi connectivity index (χ0) is 25.2. The van der Waals surface area contributed by atoms with E-state index in [0.29, 0.717) is 41.5 Å². The number of nitrogens with zero attached hydrogens (tertiary/aromatic N) is 1. The number of fused-ring (bicyclic) bond motifs is 1. The minimum atomic E-state index is -0.737. The van der Waals surface area contributed by atoms with Crippen molar-refractivity contribution in [2.24, 2.45) is 0 Å². The number of aromatic nitrogens is 1. The van der Waals surface area contributed by atoms with Crippen molar-refractivity contribution in [2.75, 3.05) is 13.2 Å². The van der Waals surface area contributed by atoms with Gasteiger partial charge in [0.1, 0.15) is 11.5 Å². The molecule has 2 N–H and O–H groups in total. The number of rotatable bonds is 7. The van der Waals surface area contributed by atoms with Gasteiger partial charge in [-0.05, 0) is 66.9 Å². The standard InChI is InChI=1S/C29H25ClN2O4/c1-2-36-22-13-9-19(10-14-22)27(33)25-26(18-7-11-21(30)12-8-18)32(29(35)28(25)34)16-15-20-17-31-24-6-4-3-5-23(20)24/h3-14,17,26,31,33H,2,15-16H2,1H3/t26-/m1/s1. The molecule has 5 rings (SSSR count). The number of aromatic amines is 1. The fraction of sp³-hybridized carbons (Fsp3) is 0.172. The highest BCUT2D eigenvalue weighted by Crippen LogP contribution is 2.40. The summed E-state index contributed by atoms with van der Waals surface area (Å²) in [5, 5.41) is 12.9. The van der Waals surface area contributed by atoms with Crippen molar-refractivity contribution >= 4 is 40.0 Å². The number of carbonyl (C=O) groups is 2. The Morgan fingerprint density at radius 2 is 1.75 bits per heavy atom. The number of Topliss-reactive ketones (excluding diaryl/α,β-unsaturated/α-hetero) is 1. The third-order valence-electron chi connectivity index (χ3n) is 6.46. The van der Waals surface area contributed by atoms with Gasteiger partial charge in [-0.2, -0.15) is 0 Å². The lowest BCUT2D eigenvalue weighted by Crippen LogP contribution is -2.31. The van der Waals surface area contributed by atoms with Gasteiger partial charge in [-0.1, -0.05) is 41.9 Å². The lowest BCUT2D eigenvalue weighted by atomic mass is 9.95. The molecule has 3 aromatic carbocycles. The Morgan fingerprint density at radius 3 is 2.47 bits per heavy atom. The Bertz CT molecular complexity index is 1450. The van der Waals surface area contributed by atoms with Gasteiger partial charge in [0.15, 0.2) is 0 Å². The van der Waals surface area contributed by atoms with Crippen molar-refractivity contribution in [3.63, 3.8) is 0 Å². The van der Waals surface area contributed by atoms with Gasteiger partial charge < -0.3 is 19.7 Å². The number of halogens is 1. The molecule has 1 aromatic heterocycles. The van der Waals surface area contributed by atoms with Gasteiger partial charge in [0, 0.05) is 34.2 Å². The first-order valence-corrected chi connectivity index (χ1v) is 12.2. The van der Waals surface area contributed by atoms with Crippen LogP contribution in [0.15, 0.2) is 84.6 Å². The molecule has 7 heteroatoms. The first-order valence-electron chi connectivity index (χ1n) is 11.8. The molecule has 1 aliphatic heterocycles. The van der Waals surface area contributed by atoms with Crippen molar-refractivity contribution in [1.29, 1.82) is 0 Å². The number of aliphatic hydroxyl groups excluding tert-OH is 1. The normalized spacial score (nSPS) is 17.2. The second-order valence-electron chi connectivity index (χ2n) is 8.61. The van der Waals surface area contributed by atoms with Crippen LogP contribution in [0.3, 0.4) is 0 Å². The second kappa shape index (κ2) is 9.91. The van der Waals surface area contributed by atoms with E-state index >= 15 is 0 Å². The van der Waals surface area contributed by atoms with E-state index in [1.807, 2.05) is 37.4 Å². The molecule has 4 aromatic rings. The van der Waals surface area contributed by atoms with Crippen LogP contribution in [0, 0.1) is 0 Å². The smallest absolute Gasteiger partial charge is 0.295 e. The van der Waals surface area contributed by atoms with E-state index in [1.165, 1.54) is 4.90 Å². The third kappa shape index (κ3) is 4.36. The van der Waals surface area contributed by atoms with Crippen LogP contribution in [0.4, 0.5) is 0 Å². The van der Waals surface area contributed by atoms with E-state index in [-0.39, 0.29) is 11.3 Å². The van der Waals surface area contributed by atoms with Gasteiger partial charge in [-0.15, -0.1) is 0 Å². The molecule has 0 bridgehead atoms. The summed E-state index contributed by atoms with van der Waals surface area (Å²) < 4.78 is 5.48. The lowest BCUT2D eigenvalue weighted by molar-refractivity contribution is -0.139. The summed E-state index contributed by atoms with van der Waals surface area (Å²) in [6.45, 7) is 2.71. The molecular weight excluding hydrogens is 476 g/mol. The van der Waals surface area contributed by atoms with E-state index in [4.69, 9.17) is 16.3 Å². The van der Waals surface area contributed by atoms with Crippen LogP contribution in [0.5, 0.6) is 5.75 Å². The molecule has 182 valence electrons. The summed E-state index contributed by atoms with van der Waals surface area (Å²) in [5.74, 6) is -0.907. The van der Waals surface area contributed by atoms with Crippen LogP contribution < -0.4 is 4.74 Å². The number of H-pyrrole nitrogens is 1. The van der Waals surface area contributed by atoms with Gasteiger partial charge in [0.2, 0.25) is 0 Å². The summed E-state index contributed by atoms with van der Waals surface area (Å²) >= 11 is 6.11. The zero-order valence-electron chi connectivity index (χ0n) is 19.7. The van der Waals surface area contributed by atoms with E-state index in [9.17, 15) is 14.7 Å². The number of ketones is 1. The lowest BCUT2D eigenvalue weighted by Gasteiger charge is -2.25. The van der Waals surface area contributed by atoms with E-state index < -0.39 is 17.7 Å². The van der Waals surface area contributed by atoms with Gasteiger partial charge in [-0.3, -0.25) is 9.59 Å². The molecule has 1 atom stereocenters. The summed E-state index contributed by atoms with van der Waals surface area (Å²) in [7, 11) is 0. The maximum Gasteiger partial charge on any atom is 0.295 e. The fourth-order valence-corrected chi connectivity index (χ4v) is 4.84. The molecule has 0 unspecified atom stereocenters. The van der Waals surface area contributed by atoms with Gasteiger partial charge in [0.05, 0.1) is 18.2 Å². The Hall–Kier alpha value is -4.03. The number of ether oxygens (including phenoxy) is 1. The van der Waals surface area contributed by atoms with Crippen LogP contribution >= 0.6 is 11.6 Å². The minimum absolute atomic E-state index is 0.0606. The van der Waals surface area contributed by atoms with Crippen LogP contribution in [0.1, 0.15) is 29.7 Å². The number of nitrogens with one attached hydrogen (secondary N) is 1. The van der Waals surface area contributed by atoms with Crippen molar-refractivity contribution in [2.45, 2.75) is 19.4 Å². The number of hydrogen-bond donors (Lipinski definition) is 2. The molecule has 1 amide bonds. The number of hydrogen-bond acceptors (Lipinski definition) is 4. The van der Waals surface area contributed by atoms with Gasteiger partial charge in [0.25, 0.3) is 11.7 Å². The topological polar surface area (TPSA) is 82.6 Å². The van der Waals surface area contributed by atoms with Crippen LogP contribution in [0.2, 0.25) is 5.02 Å². The van der Waals surface area contributed by atoms with Crippen molar-refractivity contribution < 1.29 is 19.4 Å². The number of amides is 1. The first kappa shape index (κ1) is 23.7. The molecule has 6 nitrogen and oxygen atoms in total. The maximum atomic E-state index is 13.3. The highest BCUT2D eigenvalue weighted by atomic mass is 35.5. The summed E-state index contributed by atoms with van der Waals surface area (Å²) in [6.07, 6.45) is 2.47. The molecule has 0 radical (unpaired) electrons. The molecule has 0 spiro atoms. The maximum absolute atomic E-state index is 13.3. The van der Waals surface area contributed by atoms with Crippen LogP contribution in [0.25, 0.3) is 16.7 Å². The van der Waals surface area contributed by atoms with Crippen LogP contribution in [-0.2, 0) is 16.0 Å². The van der Waals surface area contributed by atoms with E-state index in [1.54, 1.807) is 48.5 Å². The molecule has 36 heavy (non-hydrogen) atoms. The molecule has 1 saturated heterocycles. The average Bonchev–Trinajstić information content (AvgIpc) is 3.42. The molecule has 2 heterocycles. The van der Waals surface area contributed by atoms with Gasteiger partial charge in [-0.25, -0.2) is 0 Å². The Labute approximate surface area is 213 Å². The molecule has 1 fully saturated rings. The van der Waals surface area contributed by atoms with Crippen molar-refractivity contribution in [1.82, 2.24) is 9.88 Å². The number of aliphatic hydroxyl groups is 1. The SMILES string of the molecule is CCOc1ccc(C(O)=C2C(=O)C(=O)N(CCc3c[nH]c4ccccc34)[C@@H]2c2ccc(Cl)cc2)cc1. The highest BCUT2D eigenvalue weighted by Gasteiger charge is 2.45. The molecule has 0 aliphatic carbocycles. The largest absolute Gasteiger partial charge is 0.507 e. The number of para-hydroxylation sites is 1. The molecular formula is C29H25ClN2O4. The van der Waals surface area contributed by atoms with Crippen LogP contribution in [-0.4, -0.2) is 39.8 Å². The Balaban J connectivity index is 1.54. The number of benzene rings is 3.